The molecule has 1 unspecified atom stereocenters. The monoisotopic (exact) mass is 443 g/mol. The van der Waals surface area contributed by atoms with Crippen LogP contribution in [0.4, 0.5) is 0 Å². The zero-order chi connectivity index (χ0) is 15.9. The van der Waals surface area contributed by atoms with Crippen LogP contribution >= 0.6 is 24.0 Å². The Morgan fingerprint density at radius 1 is 1.32 bits per heavy atom. The van der Waals surface area contributed by atoms with E-state index in [0.29, 0.717) is 18.1 Å². The summed E-state index contributed by atoms with van der Waals surface area (Å²) >= 11 is 0. The van der Waals surface area contributed by atoms with Gasteiger partial charge in [0.1, 0.15) is 0 Å². The largest absolute Gasteiger partial charge is 0.356 e. The highest BCUT2D eigenvalue weighted by Gasteiger charge is 2.53. The summed E-state index contributed by atoms with van der Waals surface area (Å²) in [5, 5.41) is 3.35. The molecule has 0 radical (unpaired) electrons. The molecule has 1 N–H and O–H groups in total. The van der Waals surface area contributed by atoms with E-state index in [-0.39, 0.29) is 40.8 Å². The standard InChI is InChI=1S/C15H29N3O2S.HI/c1-6-16-13(18-11-14(2,3)15(18,4)5)17-9-12-7-8-21(19,20)10-12;/h12H,6-11H2,1-5H3,(H,16,17);1H. The summed E-state index contributed by atoms with van der Waals surface area (Å²) in [5.41, 5.74) is 0.329. The number of aliphatic imine (C=N–C) groups is 1. The first kappa shape index (κ1) is 20.0. The molecule has 2 aliphatic heterocycles. The Morgan fingerprint density at radius 3 is 2.36 bits per heavy atom. The molecule has 0 bridgehead atoms. The summed E-state index contributed by atoms with van der Waals surface area (Å²) < 4.78 is 23.1. The molecule has 0 aromatic rings. The van der Waals surface area contributed by atoms with Crippen LogP contribution in [0.3, 0.4) is 0 Å². The first-order valence-electron chi connectivity index (χ1n) is 7.85. The average Bonchev–Trinajstić information content (AvgIpc) is 2.71. The van der Waals surface area contributed by atoms with Crippen LogP contribution < -0.4 is 5.32 Å². The van der Waals surface area contributed by atoms with Gasteiger partial charge in [-0.1, -0.05) is 13.8 Å². The molecule has 2 fully saturated rings. The molecule has 5 nitrogen and oxygen atoms in total. The van der Waals surface area contributed by atoms with Crippen molar-refractivity contribution in [1.29, 1.82) is 0 Å². The van der Waals surface area contributed by atoms with Crippen molar-refractivity contribution in [2.45, 2.75) is 46.6 Å². The summed E-state index contributed by atoms with van der Waals surface area (Å²) in [6.07, 6.45) is 0.750. The van der Waals surface area contributed by atoms with E-state index in [1.54, 1.807) is 0 Å². The van der Waals surface area contributed by atoms with Gasteiger partial charge < -0.3 is 10.2 Å². The van der Waals surface area contributed by atoms with Crippen molar-refractivity contribution < 1.29 is 8.42 Å². The van der Waals surface area contributed by atoms with Gasteiger partial charge in [-0.2, -0.15) is 0 Å². The molecule has 2 aliphatic rings. The minimum atomic E-state index is -2.81. The number of hydrogen-bond acceptors (Lipinski definition) is 3. The van der Waals surface area contributed by atoms with Gasteiger partial charge in [0.15, 0.2) is 15.8 Å². The maximum Gasteiger partial charge on any atom is 0.194 e. The average molecular weight is 443 g/mol. The van der Waals surface area contributed by atoms with E-state index >= 15 is 0 Å². The normalized spacial score (nSPS) is 28.7. The molecule has 0 aromatic carbocycles. The third kappa shape index (κ3) is 3.88. The smallest absolute Gasteiger partial charge is 0.194 e. The lowest BCUT2D eigenvalue weighted by Gasteiger charge is -2.62. The quantitative estimate of drug-likeness (QED) is 0.413. The Labute approximate surface area is 152 Å². The number of likely N-dealkylation sites (tertiary alicyclic amines) is 1. The predicted molar refractivity (Wildman–Crippen MR) is 103 cm³/mol. The lowest BCUT2D eigenvalue weighted by atomic mass is 9.65. The third-order valence-corrected chi connectivity index (χ3v) is 7.14. The SMILES string of the molecule is CCNC(=NCC1CCS(=O)(=O)C1)N1CC(C)(C)C1(C)C.I. The lowest BCUT2D eigenvalue weighted by Crippen LogP contribution is -2.72. The Kier molecular flexibility index (Phi) is 6.20. The van der Waals surface area contributed by atoms with Gasteiger partial charge in [0.2, 0.25) is 0 Å². The van der Waals surface area contributed by atoms with Crippen LogP contribution in [0.5, 0.6) is 0 Å². The molecular weight excluding hydrogens is 413 g/mol. The van der Waals surface area contributed by atoms with E-state index < -0.39 is 9.84 Å². The van der Waals surface area contributed by atoms with Crippen LogP contribution in [0.2, 0.25) is 0 Å². The maximum absolute atomic E-state index is 11.5. The van der Waals surface area contributed by atoms with Crippen LogP contribution in [-0.2, 0) is 9.84 Å². The number of nitrogens with one attached hydrogen (secondary N) is 1. The van der Waals surface area contributed by atoms with Crippen molar-refractivity contribution in [2.75, 3.05) is 31.1 Å². The lowest BCUT2D eigenvalue weighted by molar-refractivity contribution is -0.0667. The van der Waals surface area contributed by atoms with Gasteiger partial charge in [0.05, 0.1) is 11.5 Å². The molecule has 0 aliphatic carbocycles. The molecular formula is C15H30IN3O2S. The second-order valence-electron chi connectivity index (χ2n) is 7.49. The fourth-order valence-corrected chi connectivity index (χ4v) is 4.88. The first-order valence-corrected chi connectivity index (χ1v) is 9.67. The Bertz CT molecular complexity index is 529. The van der Waals surface area contributed by atoms with Gasteiger partial charge in [-0.05, 0) is 33.1 Å². The van der Waals surface area contributed by atoms with Crippen LogP contribution in [0.15, 0.2) is 4.99 Å². The van der Waals surface area contributed by atoms with Crippen molar-refractivity contribution >= 4 is 39.8 Å². The predicted octanol–water partition coefficient (Wildman–Crippen LogP) is 2.13. The molecule has 0 aromatic heterocycles. The second-order valence-corrected chi connectivity index (χ2v) is 9.72. The molecule has 2 rings (SSSR count). The Balaban J connectivity index is 0.00000242. The summed E-state index contributed by atoms with van der Waals surface area (Å²) in [6, 6.07) is 0. The van der Waals surface area contributed by atoms with Crippen molar-refractivity contribution in [3.05, 3.63) is 0 Å². The highest BCUT2D eigenvalue weighted by atomic mass is 127. The minimum absolute atomic E-state index is 0. The molecule has 2 saturated heterocycles. The van der Waals surface area contributed by atoms with Crippen molar-refractivity contribution in [3.63, 3.8) is 0 Å². The minimum Gasteiger partial charge on any atom is -0.356 e. The molecule has 130 valence electrons. The van der Waals surface area contributed by atoms with Crippen molar-refractivity contribution in [1.82, 2.24) is 10.2 Å². The van der Waals surface area contributed by atoms with Crippen LogP contribution in [0.25, 0.3) is 0 Å². The summed E-state index contributed by atoms with van der Waals surface area (Å²) in [6.45, 7) is 13.5. The van der Waals surface area contributed by atoms with E-state index in [1.807, 2.05) is 0 Å². The third-order valence-electron chi connectivity index (χ3n) is 5.30. The van der Waals surface area contributed by atoms with E-state index in [4.69, 9.17) is 4.99 Å². The summed E-state index contributed by atoms with van der Waals surface area (Å²) in [7, 11) is -2.81. The number of guanidine groups is 1. The summed E-state index contributed by atoms with van der Waals surface area (Å²) in [5.74, 6) is 1.73. The van der Waals surface area contributed by atoms with Crippen LogP contribution in [0.1, 0.15) is 41.0 Å². The van der Waals surface area contributed by atoms with Gasteiger partial charge >= 0.3 is 0 Å². The fourth-order valence-electron chi connectivity index (χ4n) is 3.03. The molecule has 2 heterocycles. The summed E-state index contributed by atoms with van der Waals surface area (Å²) in [4.78, 5) is 7.02. The maximum atomic E-state index is 11.5. The molecule has 22 heavy (non-hydrogen) atoms. The van der Waals surface area contributed by atoms with Gasteiger partial charge in [0, 0.05) is 30.6 Å². The first-order chi connectivity index (χ1) is 9.59. The number of sulfone groups is 1. The number of rotatable bonds is 3. The second kappa shape index (κ2) is 6.83. The zero-order valence-electron chi connectivity index (χ0n) is 14.3. The Hall–Kier alpha value is -0.0500. The zero-order valence-corrected chi connectivity index (χ0v) is 17.5. The van der Waals surface area contributed by atoms with E-state index in [9.17, 15) is 8.42 Å². The van der Waals surface area contributed by atoms with Gasteiger partial charge in [0.25, 0.3) is 0 Å². The number of hydrogen-bond donors (Lipinski definition) is 1. The van der Waals surface area contributed by atoms with Crippen LogP contribution in [-0.4, -0.2) is 56.0 Å². The van der Waals surface area contributed by atoms with E-state index in [0.717, 1.165) is 25.5 Å². The molecule has 1 atom stereocenters. The van der Waals surface area contributed by atoms with E-state index in [1.165, 1.54) is 0 Å². The topological polar surface area (TPSA) is 61.8 Å². The molecule has 7 heteroatoms. The van der Waals surface area contributed by atoms with Crippen LogP contribution in [0, 0.1) is 11.3 Å². The van der Waals surface area contributed by atoms with Crippen molar-refractivity contribution in [3.8, 4) is 0 Å². The fraction of sp³-hybridized carbons (Fsp3) is 0.933. The van der Waals surface area contributed by atoms with Crippen molar-refractivity contribution in [2.24, 2.45) is 16.3 Å². The van der Waals surface area contributed by atoms with Gasteiger partial charge in [-0.3, -0.25) is 4.99 Å². The Morgan fingerprint density at radius 2 is 1.95 bits per heavy atom. The van der Waals surface area contributed by atoms with Gasteiger partial charge in [-0.15, -0.1) is 24.0 Å². The van der Waals surface area contributed by atoms with Gasteiger partial charge in [-0.25, -0.2) is 8.42 Å². The number of halogens is 1. The molecule has 0 amide bonds. The van der Waals surface area contributed by atoms with E-state index in [2.05, 4.69) is 44.8 Å². The highest BCUT2D eigenvalue weighted by molar-refractivity contribution is 14.0. The number of nitrogens with zero attached hydrogens (tertiary/aromatic N) is 2. The highest BCUT2D eigenvalue weighted by Crippen LogP contribution is 2.46. The molecule has 0 spiro atoms. The molecule has 0 saturated carbocycles.